The van der Waals surface area contributed by atoms with Crippen LogP contribution in [0.1, 0.15) is 45.5 Å². The van der Waals surface area contributed by atoms with Crippen molar-refractivity contribution in [2.24, 2.45) is 0 Å². The van der Waals surface area contributed by atoms with Crippen molar-refractivity contribution >= 4 is 28.5 Å². The van der Waals surface area contributed by atoms with Crippen molar-refractivity contribution in [1.82, 2.24) is 15.5 Å². The summed E-state index contributed by atoms with van der Waals surface area (Å²) in [5.74, 6) is -0.210. The van der Waals surface area contributed by atoms with E-state index in [0.29, 0.717) is 30.8 Å². The molecule has 1 aliphatic heterocycles. The van der Waals surface area contributed by atoms with Gasteiger partial charge in [-0.3, -0.25) is 14.4 Å². The number of carbonyl (C=O) groups excluding carboxylic acids is 3. The van der Waals surface area contributed by atoms with Gasteiger partial charge in [-0.2, -0.15) is 0 Å². The molecular formula is C27H29N3O3. The molecule has 6 heteroatoms. The zero-order valence-electron chi connectivity index (χ0n) is 18.8. The van der Waals surface area contributed by atoms with Gasteiger partial charge >= 0.3 is 0 Å². The second kappa shape index (κ2) is 10.3. The maximum atomic E-state index is 12.6. The minimum Gasteiger partial charge on any atom is -0.352 e. The summed E-state index contributed by atoms with van der Waals surface area (Å²) >= 11 is 0. The minimum absolute atomic E-state index is 0.0255. The van der Waals surface area contributed by atoms with Crippen LogP contribution in [0.25, 0.3) is 10.8 Å². The van der Waals surface area contributed by atoms with Crippen molar-refractivity contribution < 1.29 is 14.4 Å². The van der Waals surface area contributed by atoms with E-state index < -0.39 is 0 Å². The van der Waals surface area contributed by atoms with Gasteiger partial charge in [0.1, 0.15) is 0 Å². The molecule has 0 saturated carbocycles. The summed E-state index contributed by atoms with van der Waals surface area (Å²) in [6, 6.07) is 21.1. The first-order valence-electron chi connectivity index (χ1n) is 11.4. The largest absolute Gasteiger partial charge is 0.352 e. The quantitative estimate of drug-likeness (QED) is 0.610. The fourth-order valence-corrected chi connectivity index (χ4v) is 4.24. The summed E-state index contributed by atoms with van der Waals surface area (Å²) in [4.78, 5) is 39.4. The third kappa shape index (κ3) is 5.58. The molecule has 2 N–H and O–H groups in total. The van der Waals surface area contributed by atoms with Gasteiger partial charge in [-0.15, -0.1) is 0 Å². The van der Waals surface area contributed by atoms with E-state index in [2.05, 4.69) is 10.6 Å². The maximum Gasteiger partial charge on any atom is 0.251 e. The van der Waals surface area contributed by atoms with E-state index in [9.17, 15) is 14.4 Å². The summed E-state index contributed by atoms with van der Waals surface area (Å²) in [6.45, 7) is 3.44. The Kier molecular flexibility index (Phi) is 7.03. The second-order valence-electron chi connectivity index (χ2n) is 8.51. The van der Waals surface area contributed by atoms with Crippen LogP contribution in [0.2, 0.25) is 0 Å². The fourth-order valence-electron chi connectivity index (χ4n) is 4.24. The van der Waals surface area contributed by atoms with Crippen LogP contribution in [0.3, 0.4) is 0 Å². The number of hydrogen-bond donors (Lipinski definition) is 2. The Labute approximate surface area is 194 Å². The van der Waals surface area contributed by atoms with Crippen LogP contribution in [0, 0.1) is 6.92 Å². The molecule has 0 radical (unpaired) electrons. The number of carbonyl (C=O) groups is 3. The molecule has 0 unspecified atom stereocenters. The molecule has 3 aromatic rings. The first-order valence-corrected chi connectivity index (χ1v) is 11.4. The van der Waals surface area contributed by atoms with E-state index >= 15 is 0 Å². The van der Waals surface area contributed by atoms with Gasteiger partial charge in [0.2, 0.25) is 5.91 Å². The molecule has 4 rings (SSSR count). The van der Waals surface area contributed by atoms with Crippen LogP contribution in [-0.4, -0.2) is 48.3 Å². The fraction of sp³-hybridized carbons (Fsp3) is 0.296. The highest BCUT2D eigenvalue weighted by Crippen LogP contribution is 2.16. The zero-order chi connectivity index (χ0) is 23.2. The third-order valence-electron chi connectivity index (χ3n) is 6.21. The van der Waals surface area contributed by atoms with E-state index in [4.69, 9.17) is 0 Å². The Morgan fingerprint density at radius 1 is 0.879 bits per heavy atom. The van der Waals surface area contributed by atoms with Gasteiger partial charge in [-0.25, -0.2) is 0 Å². The first-order chi connectivity index (χ1) is 16.0. The van der Waals surface area contributed by atoms with Gasteiger partial charge in [0.25, 0.3) is 11.8 Å². The van der Waals surface area contributed by atoms with E-state index in [0.717, 1.165) is 29.2 Å². The molecule has 170 valence electrons. The topological polar surface area (TPSA) is 78.5 Å². The Morgan fingerprint density at radius 3 is 2.33 bits per heavy atom. The number of aryl methyl sites for hydroxylation is 1. The summed E-state index contributed by atoms with van der Waals surface area (Å²) < 4.78 is 0. The average Bonchev–Trinajstić information content (AvgIpc) is 2.84. The summed E-state index contributed by atoms with van der Waals surface area (Å²) in [5.41, 5.74) is 2.23. The van der Waals surface area contributed by atoms with E-state index in [1.807, 2.05) is 72.5 Å². The Balaban J connectivity index is 1.20. The molecule has 0 atom stereocenters. The van der Waals surface area contributed by atoms with Crippen LogP contribution in [0.5, 0.6) is 0 Å². The van der Waals surface area contributed by atoms with E-state index in [1.165, 1.54) is 0 Å². The van der Waals surface area contributed by atoms with Crippen LogP contribution in [-0.2, 0) is 4.79 Å². The molecule has 6 nitrogen and oxygen atoms in total. The van der Waals surface area contributed by atoms with Crippen LogP contribution in [0.4, 0.5) is 0 Å². The molecule has 0 aliphatic carbocycles. The first kappa shape index (κ1) is 22.5. The zero-order valence-corrected chi connectivity index (χ0v) is 18.8. The number of piperidine rings is 1. The normalized spacial score (nSPS) is 14.2. The van der Waals surface area contributed by atoms with Gasteiger partial charge in [0.05, 0.1) is 0 Å². The molecule has 0 aromatic heterocycles. The number of amides is 3. The highest BCUT2D eigenvalue weighted by molar-refractivity contribution is 5.98. The monoisotopic (exact) mass is 443 g/mol. The smallest absolute Gasteiger partial charge is 0.251 e. The lowest BCUT2D eigenvalue weighted by Crippen LogP contribution is -2.47. The van der Waals surface area contributed by atoms with Gasteiger partial charge in [-0.05, 0) is 54.3 Å². The Bertz CT molecular complexity index is 1170. The van der Waals surface area contributed by atoms with Gasteiger partial charge in [0.15, 0.2) is 0 Å². The highest BCUT2D eigenvalue weighted by Gasteiger charge is 2.24. The van der Waals surface area contributed by atoms with Crippen LogP contribution >= 0.6 is 0 Å². The van der Waals surface area contributed by atoms with Crippen molar-refractivity contribution in [2.75, 3.05) is 19.6 Å². The lowest BCUT2D eigenvalue weighted by Gasteiger charge is -2.32. The van der Waals surface area contributed by atoms with Gasteiger partial charge in [-0.1, -0.05) is 48.5 Å². The minimum atomic E-state index is -0.175. The van der Waals surface area contributed by atoms with Crippen molar-refractivity contribution in [3.63, 3.8) is 0 Å². The molecule has 1 saturated heterocycles. The van der Waals surface area contributed by atoms with Crippen LogP contribution in [0.15, 0.2) is 66.7 Å². The molecule has 1 heterocycles. The SMILES string of the molecule is Cc1ccccc1C(=O)NC1CCN(C(=O)CCNC(=O)c2ccc3ccccc3c2)CC1. The van der Waals surface area contributed by atoms with Crippen molar-refractivity contribution in [2.45, 2.75) is 32.2 Å². The highest BCUT2D eigenvalue weighted by atomic mass is 16.2. The molecule has 3 aromatic carbocycles. The van der Waals surface area contributed by atoms with E-state index in [1.54, 1.807) is 6.07 Å². The second-order valence-corrected chi connectivity index (χ2v) is 8.51. The maximum absolute atomic E-state index is 12.6. The number of nitrogens with zero attached hydrogens (tertiary/aromatic N) is 1. The van der Waals surface area contributed by atoms with Crippen molar-refractivity contribution in [1.29, 1.82) is 0 Å². The lowest BCUT2D eigenvalue weighted by atomic mass is 10.0. The molecule has 33 heavy (non-hydrogen) atoms. The average molecular weight is 444 g/mol. The van der Waals surface area contributed by atoms with Crippen molar-refractivity contribution in [3.05, 3.63) is 83.4 Å². The Hall–Kier alpha value is -3.67. The van der Waals surface area contributed by atoms with Gasteiger partial charge < -0.3 is 15.5 Å². The summed E-state index contributed by atoms with van der Waals surface area (Å²) in [6.07, 6.45) is 1.72. The molecule has 1 aliphatic rings. The van der Waals surface area contributed by atoms with E-state index in [-0.39, 0.29) is 30.2 Å². The predicted octanol–water partition coefficient (Wildman–Crippen LogP) is 3.69. The summed E-state index contributed by atoms with van der Waals surface area (Å²) in [5, 5.41) is 8.04. The summed E-state index contributed by atoms with van der Waals surface area (Å²) in [7, 11) is 0. The van der Waals surface area contributed by atoms with Crippen LogP contribution < -0.4 is 10.6 Å². The number of likely N-dealkylation sites (tertiary alicyclic amines) is 1. The third-order valence-corrected chi connectivity index (χ3v) is 6.21. The molecular weight excluding hydrogens is 414 g/mol. The van der Waals surface area contributed by atoms with Crippen molar-refractivity contribution in [3.8, 4) is 0 Å². The number of nitrogens with one attached hydrogen (secondary N) is 2. The standard InChI is InChI=1S/C27H29N3O3/c1-19-6-2-5-9-24(19)27(33)29-23-13-16-30(17-14-23)25(31)12-15-28-26(32)22-11-10-20-7-3-4-8-21(20)18-22/h2-11,18,23H,12-17H2,1H3,(H,28,32)(H,29,33). The molecule has 1 fully saturated rings. The molecule has 0 bridgehead atoms. The molecule has 3 amide bonds. The predicted molar refractivity (Wildman–Crippen MR) is 129 cm³/mol. The number of fused-ring (bicyclic) bond motifs is 1. The van der Waals surface area contributed by atoms with Gasteiger partial charge in [0, 0.05) is 43.2 Å². The molecule has 0 spiro atoms. The number of benzene rings is 3. The number of rotatable bonds is 6. The number of hydrogen-bond acceptors (Lipinski definition) is 3. The Morgan fingerprint density at radius 2 is 1.58 bits per heavy atom. The lowest BCUT2D eigenvalue weighted by molar-refractivity contribution is -0.132.